The molecule has 0 saturated carbocycles. The number of carbonyl (C=O) groups excluding carboxylic acids is 13. The second kappa shape index (κ2) is 49.2. The van der Waals surface area contributed by atoms with Crippen molar-refractivity contribution in [2.24, 2.45) is 11.5 Å². The highest BCUT2D eigenvalue weighted by Gasteiger charge is 2.14. The number of rotatable bonds is 27. The standard InChI is InChI=1S/C9H11NO3.C9H11NO2.C9H8O4.2C8H8O6.C8H8O4.C4H4O4.C3H4O4/c10-8(9(12)13)5-6-1-3-7(11)4-2-6;10-8(9(11)12)6-7-4-2-1-3-5-7;10-7-3-1-6(2-4-7)5-8(11)9(12)13;2*9-5(1-2-7(11)12)3-6(10)4-8(13)14;9-6-1-2-7(10)5(3-6)4-8(11)12;5-3(6)1-2-4(7)8;4-2(5)1-3(6)7/h1-4,8,11H,5,10H2,(H,12,13);1-5,8H,6,10H2,(H,11,12);1-4,10H,5H2,(H,12,13);2*1-2H,3-4H2,(H,11,12)(H,13,14);1-3,9-10H,4H2,(H,11,12);1-2H,(H,5,6)(H,7,8);1H2,(H,4,5)(H,6,7)/p-8/b;;;2-1+;2-1-;;2-1+;. The molecule has 0 heterocycles. The molecule has 4 aromatic carbocycles. The number of benzene rings is 4. The lowest BCUT2D eigenvalue weighted by Crippen LogP contribution is -2.32. The van der Waals surface area contributed by atoms with E-state index < -0.39 is 151 Å². The second-order valence-corrected chi connectivity index (χ2v) is 17.1. The van der Waals surface area contributed by atoms with E-state index in [9.17, 15) is 122 Å². The average Bonchev–Trinajstić information content (AvgIpc) is 1.38. The number of carbonyl (C=O) groups is 17. The van der Waals surface area contributed by atoms with Crippen molar-refractivity contribution in [2.45, 2.75) is 69.9 Å². The predicted octanol–water partition coefficient (Wildman–Crippen LogP) is -9.86. The molecule has 35 heteroatoms. The predicted molar refractivity (Wildman–Crippen MR) is 289 cm³/mol. The van der Waals surface area contributed by atoms with E-state index >= 15 is 0 Å². The molecule has 0 aliphatic carbocycles. The summed E-state index contributed by atoms with van der Waals surface area (Å²) in [6, 6.07) is 23.4. The first-order valence-corrected chi connectivity index (χ1v) is 24.9. The summed E-state index contributed by atoms with van der Waals surface area (Å²) in [5.74, 6) is -21.1. The van der Waals surface area contributed by atoms with Gasteiger partial charge in [-0.1, -0.05) is 54.6 Å². The number of phenols is 4. The van der Waals surface area contributed by atoms with Gasteiger partial charge in [-0.15, -0.1) is 0 Å². The topological polar surface area (TPSA) is 689 Å². The van der Waals surface area contributed by atoms with E-state index in [1.54, 1.807) is 12.1 Å². The first-order valence-electron chi connectivity index (χ1n) is 24.9. The number of ketones is 5. The van der Waals surface area contributed by atoms with Crippen LogP contribution in [0.4, 0.5) is 0 Å². The molecule has 35 nitrogen and oxygen atoms in total. The van der Waals surface area contributed by atoms with Crippen LogP contribution in [0.15, 0.2) is 134 Å². The molecule has 2 unspecified atom stereocenters. The van der Waals surface area contributed by atoms with Crippen molar-refractivity contribution in [3.8, 4) is 23.0 Å². The Morgan fingerprint density at radius 3 is 1.01 bits per heavy atom. The van der Waals surface area contributed by atoms with Crippen molar-refractivity contribution in [3.63, 3.8) is 0 Å². The van der Waals surface area contributed by atoms with Crippen LogP contribution in [0.2, 0.25) is 0 Å². The van der Waals surface area contributed by atoms with Crippen molar-refractivity contribution >= 4 is 101 Å². The minimum Gasteiger partial charge on any atom is -0.550 e. The van der Waals surface area contributed by atoms with Crippen LogP contribution < -0.4 is 52.3 Å². The van der Waals surface area contributed by atoms with Gasteiger partial charge in [0.25, 0.3) is 0 Å². The summed E-state index contributed by atoms with van der Waals surface area (Å²) in [5, 5.41) is 146. The maximum absolute atomic E-state index is 10.7. The fraction of sp³-hybridized carbons (Fsp3) is 0.190. The fourth-order valence-electron chi connectivity index (χ4n) is 5.21. The van der Waals surface area contributed by atoms with Crippen molar-refractivity contribution < 1.29 is 163 Å². The van der Waals surface area contributed by atoms with Crippen LogP contribution in [0, 0.1) is 0 Å². The van der Waals surface area contributed by atoms with Crippen LogP contribution in [-0.4, -0.2) is 153 Å². The molecule has 502 valence electrons. The molecule has 0 amide bonds. The Morgan fingerprint density at radius 2 is 0.710 bits per heavy atom. The molecule has 0 radical (unpaired) electrons. The van der Waals surface area contributed by atoms with Gasteiger partial charge in [-0.25, -0.2) is 0 Å². The summed E-state index contributed by atoms with van der Waals surface area (Å²) < 4.78 is 0. The van der Waals surface area contributed by atoms with E-state index in [2.05, 4.69) is 0 Å². The summed E-state index contributed by atoms with van der Waals surface area (Å²) in [6.07, 6.45) is -0.641. The van der Waals surface area contributed by atoms with E-state index in [0.717, 1.165) is 11.1 Å². The Kier molecular flexibility index (Phi) is 45.9. The van der Waals surface area contributed by atoms with E-state index in [1.165, 1.54) is 54.6 Å². The summed E-state index contributed by atoms with van der Waals surface area (Å²) in [4.78, 5) is 172. The molecule has 0 aliphatic heterocycles. The van der Waals surface area contributed by atoms with Crippen LogP contribution in [0.1, 0.15) is 54.4 Å². The molecule has 0 aromatic heterocycles. The molecule has 0 bridgehead atoms. The lowest BCUT2D eigenvalue weighted by Gasteiger charge is -2.05. The van der Waals surface area contributed by atoms with Crippen LogP contribution in [0.5, 0.6) is 23.0 Å². The third-order valence-corrected chi connectivity index (χ3v) is 9.15. The molecule has 4 aromatic rings. The lowest BCUT2D eigenvalue weighted by atomic mass is 10.1. The SMILES string of the molecule is NC(Cc1ccc(O)cc1)C(=O)O.NC(Cc1ccccc1)C(=O)O.O=C([O-])/C=C/C(=O)CC(=O)CC(=O)O.O=C([O-])/C=C/C(=O)[O-].O=C([O-])/C=C\C(=O)CC(=O)CC(=O)O.O=C([O-])C(=O)Cc1ccc(O)cc1.O=C([O-])CC(=O)[O-].O=C([O-])Cc1cc(O)ccc1O. The first kappa shape index (κ1) is 86.6. The third-order valence-electron chi connectivity index (χ3n) is 9.15. The van der Waals surface area contributed by atoms with Crippen LogP contribution in [-0.2, 0) is 107 Å². The smallest absolute Gasteiger partial charge is 0.320 e. The maximum atomic E-state index is 10.7. The second-order valence-electron chi connectivity index (χ2n) is 17.1. The summed E-state index contributed by atoms with van der Waals surface area (Å²) in [5.41, 5.74) is 13.1. The Hall–Kier alpha value is -12.8. The number of hydrogen-bond donors (Lipinski definition) is 10. The number of Topliss-reactive ketones (excluding diaryl/α,β-unsaturated/α-hetero) is 3. The van der Waals surface area contributed by atoms with Gasteiger partial charge < -0.3 is 132 Å². The minimum absolute atomic E-state index is 0.0737. The molecule has 2 atom stereocenters. The normalized spacial score (nSPS) is 10.3. The Balaban J connectivity index is -0.000000491. The largest absolute Gasteiger partial charge is 0.550 e. The quantitative estimate of drug-likeness (QED) is 0.0115. The molecule has 0 saturated heterocycles. The highest BCUT2D eigenvalue weighted by Crippen LogP contribution is 2.22. The molecule has 93 heavy (non-hydrogen) atoms. The number of allylic oxidation sites excluding steroid dienone is 2. The molecule has 4 rings (SSSR count). The highest BCUT2D eigenvalue weighted by molar-refractivity contribution is 6.32. The van der Waals surface area contributed by atoms with E-state index in [1.807, 2.05) is 30.3 Å². The third kappa shape index (κ3) is 56.8. The summed E-state index contributed by atoms with van der Waals surface area (Å²) in [6.45, 7) is 0. The van der Waals surface area contributed by atoms with Crippen LogP contribution >= 0.6 is 0 Å². The van der Waals surface area contributed by atoms with Gasteiger partial charge in [0.2, 0.25) is 0 Å². The Morgan fingerprint density at radius 1 is 0.376 bits per heavy atom. The monoisotopic (exact) mass is 1310 g/mol. The van der Waals surface area contributed by atoms with Gasteiger partial charge in [0.05, 0.1) is 36.7 Å². The fourth-order valence-corrected chi connectivity index (χ4v) is 5.21. The number of hydrogen-bond acceptors (Lipinski definition) is 31. The van der Waals surface area contributed by atoms with Crippen molar-refractivity contribution in [1.82, 2.24) is 0 Å². The van der Waals surface area contributed by atoms with E-state index in [4.69, 9.17) is 52.3 Å². The summed E-state index contributed by atoms with van der Waals surface area (Å²) >= 11 is 0. The van der Waals surface area contributed by atoms with Gasteiger partial charge in [-0.2, -0.15) is 0 Å². The minimum atomic E-state index is -1.69. The number of carboxylic acid groups (broad SMARTS) is 12. The van der Waals surface area contributed by atoms with Gasteiger partial charge in [-0.3, -0.25) is 43.2 Å². The highest BCUT2D eigenvalue weighted by atomic mass is 16.4. The lowest BCUT2D eigenvalue weighted by molar-refractivity contribution is -0.323. The average molecular weight is 1310 g/mol. The van der Waals surface area contributed by atoms with E-state index in [0.29, 0.717) is 48.4 Å². The molecule has 12 N–H and O–H groups in total. The van der Waals surface area contributed by atoms with Gasteiger partial charge >= 0.3 is 23.9 Å². The number of aliphatic carboxylic acids is 12. The number of nitrogens with two attached hydrogens (primary N) is 2. The van der Waals surface area contributed by atoms with E-state index in [-0.39, 0.29) is 41.4 Å². The van der Waals surface area contributed by atoms with Gasteiger partial charge in [0, 0.05) is 42.7 Å². The molecule has 0 spiro atoms. The molecular weight excluding hydrogens is 1250 g/mol. The van der Waals surface area contributed by atoms with Gasteiger partial charge in [-0.05, 0) is 108 Å². The maximum Gasteiger partial charge on any atom is 0.320 e. The van der Waals surface area contributed by atoms with Crippen molar-refractivity contribution in [2.75, 3.05) is 0 Å². The first-order chi connectivity index (χ1) is 43.1. The number of phenolic OH excluding ortho intramolecular Hbond substituents is 4. The zero-order valence-electron chi connectivity index (χ0n) is 47.7. The molecular formula is C58H54N2O33-8. The number of aromatic hydroxyl groups is 4. The van der Waals surface area contributed by atoms with Crippen molar-refractivity contribution in [3.05, 3.63) is 156 Å². The Bertz CT molecular complexity index is 3220. The van der Waals surface area contributed by atoms with Crippen LogP contribution in [0.3, 0.4) is 0 Å². The Labute approximate surface area is 522 Å². The molecule has 0 aliphatic rings. The van der Waals surface area contributed by atoms with Crippen molar-refractivity contribution in [1.29, 1.82) is 0 Å². The van der Waals surface area contributed by atoms with Crippen LogP contribution in [0.25, 0.3) is 0 Å². The summed E-state index contributed by atoms with van der Waals surface area (Å²) in [7, 11) is 0. The molecule has 0 fully saturated rings. The zero-order valence-corrected chi connectivity index (χ0v) is 47.7. The number of carboxylic acids is 12. The van der Waals surface area contributed by atoms with Gasteiger partial charge in [0.1, 0.15) is 53.9 Å². The zero-order chi connectivity index (χ0) is 72.5. The van der Waals surface area contributed by atoms with Gasteiger partial charge in [0.15, 0.2) is 28.9 Å².